The highest BCUT2D eigenvalue weighted by atomic mass is 16.5. The molecule has 0 saturated heterocycles. The molecule has 7 nitrogen and oxygen atoms in total. The first-order chi connectivity index (χ1) is 10.6. The van der Waals surface area contributed by atoms with Gasteiger partial charge < -0.3 is 24.2 Å². The number of aryl methyl sites for hydroxylation is 2. The smallest absolute Gasteiger partial charge is 0.240 e. The molecule has 0 unspecified atom stereocenters. The lowest BCUT2D eigenvalue weighted by atomic mass is 10.1. The summed E-state index contributed by atoms with van der Waals surface area (Å²) >= 11 is 0. The fraction of sp³-hybridized carbons (Fsp3) is 0.200. The maximum absolute atomic E-state index is 10.4. The van der Waals surface area contributed by atoms with Crippen LogP contribution in [-0.4, -0.2) is 15.2 Å². The topological polar surface area (TPSA) is 111 Å². The number of hydrogen-bond acceptors (Lipinski definition) is 7. The summed E-state index contributed by atoms with van der Waals surface area (Å²) < 4.78 is 16.4. The van der Waals surface area contributed by atoms with Gasteiger partial charge in [0.05, 0.1) is 17.5 Å². The molecule has 112 valence electrons. The van der Waals surface area contributed by atoms with Crippen LogP contribution in [0.3, 0.4) is 0 Å². The Labute approximate surface area is 124 Å². The van der Waals surface area contributed by atoms with Crippen LogP contribution in [0.4, 0.5) is 0 Å². The van der Waals surface area contributed by atoms with Crippen LogP contribution in [0.1, 0.15) is 17.4 Å². The molecule has 0 saturated carbocycles. The zero-order valence-electron chi connectivity index (χ0n) is 12.0. The Morgan fingerprint density at radius 3 is 2.45 bits per heavy atom. The number of fused-ring (bicyclic) bond motifs is 2. The van der Waals surface area contributed by atoms with Gasteiger partial charge in [-0.1, -0.05) is 5.16 Å². The molecule has 0 radical (unpaired) electrons. The molecule has 0 spiro atoms. The molecule has 7 heteroatoms. The van der Waals surface area contributed by atoms with Gasteiger partial charge in [-0.25, -0.2) is 0 Å². The van der Waals surface area contributed by atoms with Gasteiger partial charge in [0, 0.05) is 5.39 Å². The number of rotatable bonds is 2. The van der Waals surface area contributed by atoms with Crippen molar-refractivity contribution in [2.45, 2.75) is 20.4 Å². The molecule has 22 heavy (non-hydrogen) atoms. The average Bonchev–Trinajstić information content (AvgIpc) is 3.17. The fourth-order valence-corrected chi connectivity index (χ4v) is 2.66. The number of phenolic OH excluding ortho intramolecular Hbond substituents is 1. The van der Waals surface area contributed by atoms with Gasteiger partial charge in [0.2, 0.25) is 11.7 Å². The molecule has 0 atom stereocenters. The lowest BCUT2D eigenvalue weighted by Crippen LogP contribution is -1.95. The summed E-state index contributed by atoms with van der Waals surface area (Å²) in [5.41, 5.74) is 7.01. The first-order valence-corrected chi connectivity index (χ1v) is 6.76. The molecule has 0 aliphatic heterocycles. The third-order valence-electron chi connectivity index (χ3n) is 3.54. The van der Waals surface area contributed by atoms with Crippen molar-refractivity contribution in [3.63, 3.8) is 0 Å². The van der Waals surface area contributed by atoms with E-state index in [-0.39, 0.29) is 12.3 Å². The zero-order valence-corrected chi connectivity index (χ0v) is 12.0. The standard InChI is InChI=1S/C15H13N3O4/c1-6-3-8-11(15-17-10(5-16)22-18-15)13-9(4-7(2)20-13)12(19)14(8)21-6/h3-4,19H,5,16H2,1-2H3. The van der Waals surface area contributed by atoms with Crippen molar-refractivity contribution in [1.82, 2.24) is 10.1 Å². The van der Waals surface area contributed by atoms with E-state index in [1.54, 1.807) is 26.0 Å². The van der Waals surface area contributed by atoms with Gasteiger partial charge in [-0.3, -0.25) is 0 Å². The molecule has 0 fully saturated rings. The largest absolute Gasteiger partial charge is 0.504 e. The van der Waals surface area contributed by atoms with Crippen molar-refractivity contribution in [2.24, 2.45) is 5.73 Å². The van der Waals surface area contributed by atoms with E-state index in [4.69, 9.17) is 19.1 Å². The minimum atomic E-state index is 0.0428. The molecule has 4 rings (SSSR count). The normalized spacial score (nSPS) is 11.8. The van der Waals surface area contributed by atoms with Crippen molar-refractivity contribution in [3.8, 4) is 17.1 Å². The van der Waals surface area contributed by atoms with E-state index >= 15 is 0 Å². The number of nitrogens with zero attached hydrogens (tertiary/aromatic N) is 2. The molecular weight excluding hydrogens is 286 g/mol. The highest BCUT2D eigenvalue weighted by molar-refractivity contribution is 6.12. The Morgan fingerprint density at radius 2 is 1.77 bits per heavy atom. The van der Waals surface area contributed by atoms with Crippen molar-refractivity contribution >= 4 is 21.9 Å². The molecule has 0 aliphatic rings. The van der Waals surface area contributed by atoms with Crippen LogP contribution in [0.5, 0.6) is 5.75 Å². The minimum absolute atomic E-state index is 0.0428. The molecule has 0 aliphatic carbocycles. The van der Waals surface area contributed by atoms with Crippen molar-refractivity contribution in [1.29, 1.82) is 0 Å². The van der Waals surface area contributed by atoms with Gasteiger partial charge in [-0.15, -0.1) is 0 Å². The van der Waals surface area contributed by atoms with E-state index in [1.807, 2.05) is 0 Å². The number of furan rings is 2. The van der Waals surface area contributed by atoms with Crippen molar-refractivity contribution < 1.29 is 18.5 Å². The first kappa shape index (κ1) is 12.9. The maximum atomic E-state index is 10.4. The highest BCUT2D eigenvalue weighted by Gasteiger charge is 2.24. The number of nitrogens with two attached hydrogens (primary N) is 1. The van der Waals surface area contributed by atoms with Gasteiger partial charge in [0.1, 0.15) is 17.1 Å². The fourth-order valence-electron chi connectivity index (χ4n) is 2.66. The third-order valence-corrected chi connectivity index (χ3v) is 3.54. The Morgan fingerprint density at radius 1 is 1.09 bits per heavy atom. The van der Waals surface area contributed by atoms with E-state index in [1.165, 1.54) is 0 Å². The summed E-state index contributed by atoms with van der Waals surface area (Å²) in [6.07, 6.45) is 0. The molecule has 0 amide bonds. The predicted molar refractivity (Wildman–Crippen MR) is 78.3 cm³/mol. The van der Waals surface area contributed by atoms with Crippen LogP contribution in [0.15, 0.2) is 25.5 Å². The van der Waals surface area contributed by atoms with E-state index in [9.17, 15) is 5.11 Å². The van der Waals surface area contributed by atoms with Gasteiger partial charge in [0.25, 0.3) is 0 Å². The Hall–Kier alpha value is -2.80. The van der Waals surface area contributed by atoms with Crippen LogP contribution in [0.2, 0.25) is 0 Å². The van der Waals surface area contributed by atoms with Crippen LogP contribution in [0, 0.1) is 13.8 Å². The SMILES string of the molecule is Cc1cc2c(-c3noc(CN)n3)c3oc(C)cc3c(O)c2o1. The van der Waals surface area contributed by atoms with Gasteiger partial charge >= 0.3 is 0 Å². The second-order valence-electron chi connectivity index (χ2n) is 5.14. The highest BCUT2D eigenvalue weighted by Crippen LogP contribution is 2.44. The number of aromatic nitrogens is 2. The van der Waals surface area contributed by atoms with E-state index < -0.39 is 0 Å². The quantitative estimate of drug-likeness (QED) is 0.585. The second kappa shape index (κ2) is 4.35. The first-order valence-electron chi connectivity index (χ1n) is 6.76. The number of phenols is 1. The monoisotopic (exact) mass is 299 g/mol. The summed E-state index contributed by atoms with van der Waals surface area (Å²) in [7, 11) is 0. The van der Waals surface area contributed by atoms with Crippen LogP contribution < -0.4 is 5.73 Å². The van der Waals surface area contributed by atoms with Gasteiger partial charge in [-0.2, -0.15) is 4.98 Å². The zero-order chi connectivity index (χ0) is 15.4. The lowest BCUT2D eigenvalue weighted by Gasteiger charge is -2.02. The average molecular weight is 299 g/mol. The Balaban J connectivity index is 2.18. The predicted octanol–water partition coefficient (Wildman–Crippen LogP) is 3.01. The van der Waals surface area contributed by atoms with Crippen molar-refractivity contribution in [3.05, 3.63) is 29.5 Å². The summed E-state index contributed by atoms with van der Waals surface area (Å²) in [5.74, 6) is 2.05. The summed E-state index contributed by atoms with van der Waals surface area (Å²) in [6, 6.07) is 3.55. The van der Waals surface area contributed by atoms with E-state index in [0.717, 1.165) is 0 Å². The van der Waals surface area contributed by atoms with Crippen molar-refractivity contribution in [2.75, 3.05) is 0 Å². The molecule has 3 aromatic heterocycles. The van der Waals surface area contributed by atoms with Crippen LogP contribution in [0.25, 0.3) is 33.3 Å². The van der Waals surface area contributed by atoms with Gasteiger partial charge in [0.15, 0.2) is 11.3 Å². The summed E-state index contributed by atoms with van der Waals surface area (Å²) in [4.78, 5) is 4.26. The number of benzene rings is 1. The van der Waals surface area contributed by atoms with E-state index in [2.05, 4.69) is 10.1 Å². The summed E-state index contributed by atoms with van der Waals surface area (Å²) in [6.45, 7) is 3.76. The van der Waals surface area contributed by atoms with Crippen LogP contribution in [-0.2, 0) is 6.54 Å². The lowest BCUT2D eigenvalue weighted by molar-refractivity contribution is 0.380. The minimum Gasteiger partial charge on any atom is -0.504 e. The third kappa shape index (κ3) is 1.66. The summed E-state index contributed by atoms with van der Waals surface area (Å²) in [5, 5.41) is 15.6. The van der Waals surface area contributed by atoms with E-state index in [0.29, 0.717) is 50.7 Å². The molecule has 3 heterocycles. The molecule has 1 aromatic carbocycles. The second-order valence-corrected chi connectivity index (χ2v) is 5.14. The van der Waals surface area contributed by atoms with Crippen LogP contribution >= 0.6 is 0 Å². The maximum Gasteiger partial charge on any atom is 0.240 e. The molecule has 4 aromatic rings. The number of aromatic hydroxyl groups is 1. The molecule has 0 bridgehead atoms. The Kier molecular flexibility index (Phi) is 2.55. The molecular formula is C15H13N3O4. The Bertz CT molecular complexity index is 951. The number of hydrogen-bond donors (Lipinski definition) is 2. The van der Waals surface area contributed by atoms with Gasteiger partial charge in [-0.05, 0) is 26.0 Å². The molecule has 3 N–H and O–H groups in total.